The van der Waals surface area contributed by atoms with Crippen molar-refractivity contribution in [2.45, 2.75) is 19.3 Å². The third-order valence-electron chi connectivity index (χ3n) is 5.43. The van der Waals surface area contributed by atoms with Crippen LogP contribution in [0.15, 0.2) is 53.3 Å². The molecule has 0 amide bonds. The normalized spacial score (nSPS) is 15.1. The van der Waals surface area contributed by atoms with Gasteiger partial charge in [-0.3, -0.25) is 9.63 Å². The second kappa shape index (κ2) is 9.84. The average Bonchev–Trinajstić information content (AvgIpc) is 2.76. The maximum absolute atomic E-state index is 11.5. The Morgan fingerprint density at radius 2 is 1.77 bits per heavy atom. The first kappa shape index (κ1) is 21.2. The Labute approximate surface area is 186 Å². The van der Waals surface area contributed by atoms with Gasteiger partial charge in [0.25, 0.3) is 0 Å². The summed E-state index contributed by atoms with van der Waals surface area (Å²) in [6, 6.07) is 15.4. The van der Waals surface area contributed by atoms with Crippen LogP contribution < -0.4 is 10.5 Å². The third-order valence-corrected chi connectivity index (χ3v) is 6.24. The van der Waals surface area contributed by atoms with Crippen molar-refractivity contribution in [3.63, 3.8) is 0 Å². The Morgan fingerprint density at radius 1 is 0.967 bits per heavy atom. The lowest BCUT2D eigenvalue weighted by molar-refractivity contribution is -0.162. The number of benzene rings is 2. The monoisotopic (exact) mass is 445 g/mol. The van der Waals surface area contributed by atoms with Gasteiger partial charge in [0.1, 0.15) is 0 Å². The Morgan fingerprint density at radius 3 is 2.60 bits per heavy atom. The second-order valence-corrected chi connectivity index (χ2v) is 8.31. The summed E-state index contributed by atoms with van der Waals surface area (Å²) < 4.78 is 0. The lowest BCUT2D eigenvalue weighted by Gasteiger charge is -2.35. The van der Waals surface area contributed by atoms with Crippen LogP contribution in [0.2, 0.25) is 10.0 Å². The first-order valence-electron chi connectivity index (χ1n) is 10.3. The molecule has 7 heteroatoms. The maximum atomic E-state index is 11.5. The highest BCUT2D eigenvalue weighted by Gasteiger charge is 2.20. The van der Waals surface area contributed by atoms with Crippen molar-refractivity contribution in [3.8, 4) is 0 Å². The van der Waals surface area contributed by atoms with Crippen LogP contribution >= 0.6 is 23.2 Å². The number of pyridine rings is 1. The van der Waals surface area contributed by atoms with Crippen molar-refractivity contribution in [1.29, 1.82) is 0 Å². The van der Waals surface area contributed by atoms with Gasteiger partial charge in [-0.25, -0.2) is 0 Å². The molecule has 1 N–H and O–H groups in total. The number of H-pyrrole nitrogens is 1. The minimum absolute atomic E-state index is 0.0641. The first-order chi connectivity index (χ1) is 14.6. The average molecular weight is 446 g/mol. The number of anilines is 1. The molecule has 0 aliphatic carbocycles. The second-order valence-electron chi connectivity index (χ2n) is 7.52. The number of unbranched alkanes of at least 4 members (excludes halogenated alkanes) is 1. The first-order valence-corrected chi connectivity index (χ1v) is 11.0. The summed E-state index contributed by atoms with van der Waals surface area (Å²) in [6.45, 7) is 4.09. The van der Waals surface area contributed by atoms with Crippen LogP contribution in [0.5, 0.6) is 0 Å². The van der Waals surface area contributed by atoms with Gasteiger partial charge in [-0.1, -0.05) is 41.4 Å². The summed E-state index contributed by atoms with van der Waals surface area (Å²) in [7, 11) is 0. The Bertz CT molecular complexity index is 1060. The van der Waals surface area contributed by atoms with Crippen molar-refractivity contribution in [3.05, 3.63) is 74.5 Å². The number of piperazine rings is 1. The molecule has 1 fully saturated rings. The van der Waals surface area contributed by atoms with Gasteiger partial charge in [-0.05, 0) is 54.5 Å². The smallest absolute Gasteiger partial charge is 0.248 e. The minimum atomic E-state index is -0.0641. The largest absolute Gasteiger partial charge is 0.368 e. The SMILES string of the molecule is O=c1ccc2ccc(CCCCON3CCN(c4cccc(Cl)c4Cl)CC3)cc2[nH]1. The van der Waals surface area contributed by atoms with Crippen LogP contribution in [-0.4, -0.2) is 42.8 Å². The fraction of sp³-hybridized carbons (Fsp3) is 0.348. The van der Waals surface area contributed by atoms with Gasteiger partial charge in [0.15, 0.2) is 0 Å². The number of aromatic nitrogens is 1. The van der Waals surface area contributed by atoms with Gasteiger partial charge in [-0.2, -0.15) is 5.06 Å². The topological polar surface area (TPSA) is 48.6 Å². The molecule has 4 rings (SSSR count). The quantitative estimate of drug-likeness (QED) is 0.524. The summed E-state index contributed by atoms with van der Waals surface area (Å²) in [4.78, 5) is 22.6. The molecule has 0 bridgehead atoms. The van der Waals surface area contributed by atoms with Gasteiger partial charge in [0.2, 0.25) is 5.56 Å². The van der Waals surface area contributed by atoms with E-state index in [1.807, 2.05) is 29.3 Å². The number of nitrogens with one attached hydrogen (secondary N) is 1. The van der Waals surface area contributed by atoms with Crippen molar-refractivity contribution in [2.24, 2.45) is 0 Å². The van der Waals surface area contributed by atoms with Crippen molar-refractivity contribution in [2.75, 3.05) is 37.7 Å². The molecule has 0 radical (unpaired) electrons. The van der Waals surface area contributed by atoms with E-state index in [0.29, 0.717) is 16.7 Å². The molecule has 158 valence electrons. The molecule has 5 nitrogen and oxygen atoms in total. The minimum Gasteiger partial charge on any atom is -0.368 e. The molecule has 3 aromatic rings. The summed E-state index contributed by atoms with van der Waals surface area (Å²) in [5.74, 6) is 0. The van der Waals surface area contributed by atoms with Gasteiger partial charge in [0, 0.05) is 37.8 Å². The molecule has 1 aromatic heterocycles. The van der Waals surface area contributed by atoms with E-state index in [2.05, 4.69) is 28.1 Å². The maximum Gasteiger partial charge on any atom is 0.248 e. The van der Waals surface area contributed by atoms with E-state index in [-0.39, 0.29) is 5.56 Å². The number of fused-ring (bicyclic) bond motifs is 1. The van der Waals surface area contributed by atoms with Gasteiger partial charge < -0.3 is 9.88 Å². The third kappa shape index (κ3) is 5.16. The zero-order chi connectivity index (χ0) is 20.9. The number of nitrogens with zero attached hydrogens (tertiary/aromatic N) is 2. The van der Waals surface area contributed by atoms with Gasteiger partial charge in [-0.15, -0.1) is 0 Å². The molecule has 1 aliphatic heterocycles. The zero-order valence-electron chi connectivity index (χ0n) is 16.7. The number of hydroxylamine groups is 2. The van der Waals surface area contributed by atoms with Crippen LogP contribution in [0, 0.1) is 0 Å². The number of halogens is 2. The summed E-state index contributed by atoms with van der Waals surface area (Å²) >= 11 is 12.5. The number of aryl methyl sites for hydroxylation is 1. The number of aromatic amines is 1. The highest BCUT2D eigenvalue weighted by atomic mass is 35.5. The number of hydrogen-bond donors (Lipinski definition) is 1. The van der Waals surface area contributed by atoms with Gasteiger partial charge >= 0.3 is 0 Å². The summed E-state index contributed by atoms with van der Waals surface area (Å²) in [6.07, 6.45) is 3.00. The van der Waals surface area contributed by atoms with Crippen LogP contribution in [0.3, 0.4) is 0 Å². The predicted molar refractivity (Wildman–Crippen MR) is 124 cm³/mol. The molecule has 0 saturated carbocycles. The molecule has 0 unspecified atom stereocenters. The summed E-state index contributed by atoms with van der Waals surface area (Å²) in [5.41, 5.74) is 3.05. The number of rotatable bonds is 7. The summed E-state index contributed by atoms with van der Waals surface area (Å²) in [5, 5.41) is 4.30. The lowest BCUT2D eigenvalue weighted by Crippen LogP contribution is -2.46. The highest BCUT2D eigenvalue weighted by molar-refractivity contribution is 6.43. The molecular formula is C23H25Cl2N3O2. The molecule has 30 heavy (non-hydrogen) atoms. The van der Waals surface area contributed by atoms with E-state index in [1.54, 1.807) is 6.07 Å². The molecule has 2 aromatic carbocycles. The Balaban J connectivity index is 1.18. The fourth-order valence-corrected chi connectivity index (χ4v) is 4.19. The van der Waals surface area contributed by atoms with E-state index < -0.39 is 0 Å². The van der Waals surface area contributed by atoms with E-state index in [9.17, 15) is 4.79 Å². The molecule has 1 aliphatic rings. The highest BCUT2D eigenvalue weighted by Crippen LogP contribution is 2.32. The van der Waals surface area contributed by atoms with Crippen LogP contribution in [-0.2, 0) is 11.3 Å². The van der Waals surface area contributed by atoms with Crippen molar-refractivity contribution < 1.29 is 4.84 Å². The zero-order valence-corrected chi connectivity index (χ0v) is 18.3. The van der Waals surface area contributed by atoms with E-state index >= 15 is 0 Å². The van der Waals surface area contributed by atoms with Crippen molar-refractivity contribution in [1.82, 2.24) is 10.0 Å². The van der Waals surface area contributed by atoms with E-state index in [0.717, 1.165) is 62.0 Å². The van der Waals surface area contributed by atoms with E-state index in [4.69, 9.17) is 28.0 Å². The number of hydrogen-bond acceptors (Lipinski definition) is 4. The van der Waals surface area contributed by atoms with E-state index in [1.165, 1.54) is 5.56 Å². The van der Waals surface area contributed by atoms with Crippen LogP contribution in [0.1, 0.15) is 18.4 Å². The molecule has 0 spiro atoms. The lowest BCUT2D eigenvalue weighted by atomic mass is 10.1. The predicted octanol–water partition coefficient (Wildman–Crippen LogP) is 4.91. The molecular weight excluding hydrogens is 421 g/mol. The standard InChI is InChI=1S/C23H25Cl2N3O2/c24-19-5-3-6-21(23(19)25)27-11-13-28(14-12-27)30-15-2-1-4-17-7-8-18-9-10-22(29)26-20(18)16-17/h3,5-10,16H,1-2,4,11-15H2,(H,26,29). The Kier molecular flexibility index (Phi) is 6.95. The molecule has 0 atom stereocenters. The molecule has 2 heterocycles. The van der Waals surface area contributed by atoms with Gasteiger partial charge in [0.05, 0.1) is 22.3 Å². The van der Waals surface area contributed by atoms with Crippen LogP contribution in [0.25, 0.3) is 10.9 Å². The molecule has 1 saturated heterocycles. The fourth-order valence-electron chi connectivity index (χ4n) is 3.77. The van der Waals surface area contributed by atoms with Crippen molar-refractivity contribution >= 4 is 39.8 Å². The van der Waals surface area contributed by atoms with Crippen LogP contribution in [0.4, 0.5) is 5.69 Å². The Hall–Kier alpha value is -2.05.